The molecule has 0 radical (unpaired) electrons. The number of thioether (sulfide) groups is 1. The highest BCUT2D eigenvalue weighted by Gasteiger charge is 2.29. The first-order valence-corrected chi connectivity index (χ1v) is 13.0. The SMILES string of the molecule is Cc1ccc(N2CCN(CCC(=O)N3CCC(Nc4ccc(SC(F)(F)F)cc4)CC3)CC2)cc1. The van der Waals surface area contributed by atoms with E-state index in [2.05, 4.69) is 46.3 Å². The summed E-state index contributed by atoms with van der Waals surface area (Å²) in [7, 11) is 0. The number of halogens is 3. The van der Waals surface area contributed by atoms with Crippen molar-refractivity contribution in [2.24, 2.45) is 0 Å². The molecule has 35 heavy (non-hydrogen) atoms. The second-order valence-electron chi connectivity index (χ2n) is 9.29. The maximum absolute atomic E-state index is 12.7. The van der Waals surface area contributed by atoms with Crippen LogP contribution < -0.4 is 10.2 Å². The first-order valence-electron chi connectivity index (χ1n) is 12.2. The monoisotopic (exact) mass is 506 g/mol. The van der Waals surface area contributed by atoms with E-state index in [0.717, 1.165) is 51.3 Å². The number of amides is 1. The Labute approximate surface area is 209 Å². The lowest BCUT2D eigenvalue weighted by Crippen LogP contribution is -2.48. The van der Waals surface area contributed by atoms with Gasteiger partial charge < -0.3 is 15.1 Å². The summed E-state index contributed by atoms with van der Waals surface area (Å²) in [4.78, 5) is 19.7. The third kappa shape index (κ3) is 7.80. The molecule has 5 nitrogen and oxygen atoms in total. The maximum atomic E-state index is 12.7. The molecule has 2 aliphatic heterocycles. The summed E-state index contributed by atoms with van der Waals surface area (Å²) in [6.45, 7) is 8.19. The Hall–Kier alpha value is -2.39. The topological polar surface area (TPSA) is 38.8 Å². The van der Waals surface area contributed by atoms with E-state index in [4.69, 9.17) is 0 Å². The van der Waals surface area contributed by atoms with Crippen LogP contribution in [-0.2, 0) is 4.79 Å². The number of hydrogen-bond donors (Lipinski definition) is 1. The molecule has 190 valence electrons. The minimum atomic E-state index is -4.27. The van der Waals surface area contributed by atoms with E-state index in [0.29, 0.717) is 19.5 Å². The highest BCUT2D eigenvalue weighted by atomic mass is 32.2. The molecule has 2 aromatic carbocycles. The largest absolute Gasteiger partial charge is 0.446 e. The Morgan fingerprint density at radius 2 is 1.57 bits per heavy atom. The Morgan fingerprint density at radius 3 is 2.17 bits per heavy atom. The van der Waals surface area contributed by atoms with Gasteiger partial charge in [0.15, 0.2) is 0 Å². The summed E-state index contributed by atoms with van der Waals surface area (Å²) < 4.78 is 37.4. The van der Waals surface area contributed by atoms with Crippen LogP contribution in [-0.4, -0.2) is 73.1 Å². The Bertz CT molecular complexity index is 952. The van der Waals surface area contributed by atoms with Gasteiger partial charge in [-0.15, -0.1) is 0 Å². The number of nitrogens with one attached hydrogen (secondary N) is 1. The van der Waals surface area contributed by atoms with Gasteiger partial charge in [0.05, 0.1) is 0 Å². The fourth-order valence-corrected chi connectivity index (χ4v) is 5.20. The molecule has 0 saturated carbocycles. The van der Waals surface area contributed by atoms with Gasteiger partial charge in [0.1, 0.15) is 0 Å². The molecule has 9 heteroatoms. The molecule has 2 saturated heterocycles. The molecule has 0 aromatic heterocycles. The molecule has 2 heterocycles. The van der Waals surface area contributed by atoms with E-state index in [1.807, 2.05) is 4.90 Å². The standard InChI is InChI=1S/C26H33F3N4OS/c1-20-2-6-23(7-3-20)32-18-16-31(17-19-32)13-12-25(34)33-14-10-22(11-15-33)30-21-4-8-24(9-5-21)35-26(27,28)29/h2-9,22,30H,10-19H2,1H3. The number of rotatable bonds is 7. The molecule has 2 fully saturated rings. The molecule has 1 amide bonds. The molecule has 0 bridgehead atoms. The van der Waals surface area contributed by atoms with Crippen LogP contribution in [0.15, 0.2) is 53.4 Å². The molecule has 1 N–H and O–H groups in total. The zero-order valence-electron chi connectivity index (χ0n) is 20.1. The van der Waals surface area contributed by atoms with Crippen LogP contribution in [0, 0.1) is 6.92 Å². The number of piperazine rings is 1. The van der Waals surface area contributed by atoms with Gasteiger partial charge in [0, 0.05) is 74.5 Å². The predicted molar refractivity (Wildman–Crippen MR) is 136 cm³/mol. The summed E-state index contributed by atoms with van der Waals surface area (Å²) in [5.74, 6) is 0.206. The van der Waals surface area contributed by atoms with Crippen molar-refractivity contribution < 1.29 is 18.0 Å². The number of benzene rings is 2. The molecule has 0 spiro atoms. The highest BCUT2D eigenvalue weighted by Crippen LogP contribution is 2.37. The van der Waals surface area contributed by atoms with Crippen molar-refractivity contribution in [3.05, 3.63) is 54.1 Å². The average molecular weight is 507 g/mol. The van der Waals surface area contributed by atoms with Gasteiger partial charge in [0.2, 0.25) is 5.91 Å². The predicted octanol–water partition coefficient (Wildman–Crippen LogP) is 5.22. The van der Waals surface area contributed by atoms with Crippen molar-refractivity contribution in [3.8, 4) is 0 Å². The number of hydrogen-bond acceptors (Lipinski definition) is 5. The summed E-state index contributed by atoms with van der Waals surface area (Å²) in [5, 5.41) is 3.39. The van der Waals surface area contributed by atoms with E-state index in [1.54, 1.807) is 12.1 Å². The lowest BCUT2D eigenvalue weighted by atomic mass is 10.0. The first kappa shape index (κ1) is 25.7. The van der Waals surface area contributed by atoms with E-state index in [1.165, 1.54) is 23.4 Å². The molecule has 2 aliphatic rings. The summed E-state index contributed by atoms with van der Waals surface area (Å²) in [6.07, 6.45) is 2.21. The zero-order valence-corrected chi connectivity index (χ0v) is 20.9. The molecular formula is C26H33F3N4OS. The van der Waals surface area contributed by atoms with Crippen molar-refractivity contribution in [1.82, 2.24) is 9.80 Å². The van der Waals surface area contributed by atoms with Crippen LogP contribution >= 0.6 is 11.8 Å². The summed E-state index contributed by atoms with van der Waals surface area (Å²) in [6, 6.07) is 15.2. The van der Waals surface area contributed by atoms with E-state index in [-0.39, 0.29) is 28.6 Å². The summed E-state index contributed by atoms with van der Waals surface area (Å²) in [5.41, 5.74) is -0.933. The third-order valence-electron chi connectivity index (χ3n) is 6.72. The number of aryl methyl sites for hydroxylation is 1. The van der Waals surface area contributed by atoms with Crippen LogP contribution in [0.3, 0.4) is 0 Å². The fourth-order valence-electron chi connectivity index (χ4n) is 4.66. The normalized spacial score (nSPS) is 18.1. The van der Waals surface area contributed by atoms with Crippen LogP contribution in [0.4, 0.5) is 24.5 Å². The van der Waals surface area contributed by atoms with E-state index in [9.17, 15) is 18.0 Å². The van der Waals surface area contributed by atoms with Crippen molar-refractivity contribution in [2.45, 2.75) is 42.6 Å². The number of nitrogens with zero attached hydrogens (tertiary/aromatic N) is 3. The van der Waals surface area contributed by atoms with E-state index >= 15 is 0 Å². The molecule has 2 aromatic rings. The van der Waals surface area contributed by atoms with E-state index < -0.39 is 5.51 Å². The van der Waals surface area contributed by atoms with Crippen molar-refractivity contribution in [2.75, 3.05) is 56.0 Å². The maximum Gasteiger partial charge on any atom is 0.446 e. The van der Waals surface area contributed by atoms with Crippen molar-refractivity contribution in [3.63, 3.8) is 0 Å². The lowest BCUT2D eigenvalue weighted by molar-refractivity contribution is -0.132. The van der Waals surface area contributed by atoms with Crippen molar-refractivity contribution >= 4 is 29.0 Å². The molecular weight excluding hydrogens is 473 g/mol. The van der Waals surface area contributed by atoms with Gasteiger partial charge in [0.25, 0.3) is 0 Å². The highest BCUT2D eigenvalue weighted by molar-refractivity contribution is 8.00. The van der Waals surface area contributed by atoms with Gasteiger partial charge in [-0.25, -0.2) is 0 Å². The van der Waals surface area contributed by atoms with Crippen molar-refractivity contribution in [1.29, 1.82) is 0 Å². The van der Waals surface area contributed by atoms with Crippen LogP contribution in [0.25, 0.3) is 0 Å². The Kier molecular flexibility index (Phi) is 8.49. The number of carbonyl (C=O) groups excluding carboxylic acids is 1. The molecule has 0 aliphatic carbocycles. The number of carbonyl (C=O) groups is 1. The number of alkyl halides is 3. The van der Waals surface area contributed by atoms with Gasteiger partial charge in [-0.2, -0.15) is 13.2 Å². The van der Waals surface area contributed by atoms with Gasteiger partial charge in [-0.05, 0) is 67.9 Å². The molecule has 0 unspecified atom stereocenters. The van der Waals surface area contributed by atoms with Crippen LogP contribution in [0.5, 0.6) is 0 Å². The quantitative estimate of drug-likeness (QED) is 0.521. The summed E-state index contributed by atoms with van der Waals surface area (Å²) >= 11 is -0.105. The number of piperidine rings is 1. The minimum Gasteiger partial charge on any atom is -0.382 e. The second-order valence-corrected chi connectivity index (χ2v) is 10.4. The van der Waals surface area contributed by atoms with Gasteiger partial charge >= 0.3 is 5.51 Å². The Morgan fingerprint density at radius 1 is 0.943 bits per heavy atom. The zero-order chi connectivity index (χ0) is 24.8. The number of anilines is 2. The fraction of sp³-hybridized carbons (Fsp3) is 0.500. The van der Waals surface area contributed by atoms with Crippen LogP contribution in [0.1, 0.15) is 24.8 Å². The smallest absolute Gasteiger partial charge is 0.382 e. The Balaban J connectivity index is 1.14. The third-order valence-corrected chi connectivity index (χ3v) is 7.46. The minimum absolute atomic E-state index is 0.105. The molecule has 0 atom stereocenters. The number of likely N-dealkylation sites (tertiary alicyclic amines) is 1. The van der Waals surface area contributed by atoms with Gasteiger partial charge in [-0.1, -0.05) is 17.7 Å². The average Bonchev–Trinajstić information content (AvgIpc) is 2.84. The lowest BCUT2D eigenvalue weighted by Gasteiger charge is -2.37. The van der Waals surface area contributed by atoms with Crippen LogP contribution in [0.2, 0.25) is 0 Å². The first-order chi connectivity index (χ1) is 16.7. The molecule has 4 rings (SSSR count). The van der Waals surface area contributed by atoms with Gasteiger partial charge in [-0.3, -0.25) is 9.69 Å². The second kappa shape index (κ2) is 11.6.